The van der Waals surface area contributed by atoms with Crippen molar-refractivity contribution in [3.63, 3.8) is 0 Å². The molecule has 1 amide bonds. The minimum Gasteiger partial charge on any atom is -0.481 e. The van der Waals surface area contributed by atoms with Crippen LogP contribution in [0.3, 0.4) is 0 Å². The lowest BCUT2D eigenvalue weighted by molar-refractivity contribution is -0.227. The molecule has 1 aliphatic heterocycles. The number of carbonyl (C=O) groups excluding carboxylic acids is 1. The third-order valence-electron chi connectivity index (χ3n) is 5.53. The second-order valence-corrected chi connectivity index (χ2v) is 7.03. The molecule has 2 rings (SSSR count). The second-order valence-electron chi connectivity index (χ2n) is 7.03. The minimum absolute atomic E-state index is 0.133. The maximum atomic E-state index is 13.1. The van der Waals surface area contributed by atoms with Crippen LogP contribution in [-0.4, -0.2) is 41.1 Å². The molecule has 2 aliphatic rings. The maximum absolute atomic E-state index is 13.1. The second kappa shape index (κ2) is 6.69. The Bertz CT molecular complexity index is 460. The third kappa shape index (κ3) is 3.63. The number of amides is 1. The first kappa shape index (κ1) is 18.1. The van der Waals surface area contributed by atoms with Crippen LogP contribution in [0, 0.1) is 17.3 Å². The van der Waals surface area contributed by atoms with Crippen molar-refractivity contribution in [1.82, 2.24) is 4.90 Å². The highest BCUT2D eigenvalue weighted by atomic mass is 19.4. The van der Waals surface area contributed by atoms with E-state index in [0.717, 1.165) is 30.6 Å². The first-order valence-electron chi connectivity index (χ1n) is 8.25. The van der Waals surface area contributed by atoms with Crippen LogP contribution in [0.1, 0.15) is 51.9 Å². The van der Waals surface area contributed by atoms with E-state index < -0.39 is 30.5 Å². The number of alkyl halides is 3. The van der Waals surface area contributed by atoms with Gasteiger partial charge in [0.15, 0.2) is 5.41 Å². The van der Waals surface area contributed by atoms with Gasteiger partial charge in [0.25, 0.3) is 0 Å². The van der Waals surface area contributed by atoms with Crippen LogP contribution in [0.4, 0.5) is 13.2 Å². The molecule has 4 nitrogen and oxygen atoms in total. The summed E-state index contributed by atoms with van der Waals surface area (Å²) >= 11 is 0. The molecule has 23 heavy (non-hydrogen) atoms. The molecule has 2 fully saturated rings. The summed E-state index contributed by atoms with van der Waals surface area (Å²) in [5.41, 5.74) is -2.81. The number of halogens is 3. The predicted molar refractivity (Wildman–Crippen MR) is 77.7 cm³/mol. The molecular formula is C16H24F3NO3. The lowest BCUT2D eigenvalue weighted by atomic mass is 9.79. The van der Waals surface area contributed by atoms with E-state index in [1.807, 2.05) is 6.92 Å². The number of carboxylic acid groups (broad SMARTS) is 1. The largest absolute Gasteiger partial charge is 0.481 e. The molecule has 1 N–H and O–H groups in total. The van der Waals surface area contributed by atoms with Crippen LogP contribution in [0.2, 0.25) is 0 Å². The summed E-state index contributed by atoms with van der Waals surface area (Å²) in [6, 6.07) is 0. The third-order valence-corrected chi connectivity index (χ3v) is 5.53. The number of likely N-dealkylation sites (tertiary alicyclic amines) is 1. The molecule has 7 heteroatoms. The first-order chi connectivity index (χ1) is 10.7. The Hall–Kier alpha value is -1.27. The van der Waals surface area contributed by atoms with Crippen molar-refractivity contribution >= 4 is 11.9 Å². The molecule has 1 saturated heterocycles. The number of carbonyl (C=O) groups is 2. The Morgan fingerprint density at radius 3 is 2.35 bits per heavy atom. The molecular weight excluding hydrogens is 311 g/mol. The van der Waals surface area contributed by atoms with E-state index in [2.05, 4.69) is 0 Å². The van der Waals surface area contributed by atoms with Crippen LogP contribution >= 0.6 is 0 Å². The van der Waals surface area contributed by atoms with Gasteiger partial charge in [-0.3, -0.25) is 9.59 Å². The van der Waals surface area contributed by atoms with Gasteiger partial charge in [-0.05, 0) is 18.3 Å². The van der Waals surface area contributed by atoms with Gasteiger partial charge in [0.05, 0.1) is 0 Å². The van der Waals surface area contributed by atoms with Gasteiger partial charge in [-0.1, -0.05) is 39.0 Å². The fourth-order valence-electron chi connectivity index (χ4n) is 3.82. The standard InChI is InChI=1S/C16H24F3NO3/c1-11(12-5-3-2-4-6-12)9-13(21)20-8-7-15(10-20,14(22)23)16(17,18)19/h11-12H,2-10H2,1H3,(H,22,23). The van der Waals surface area contributed by atoms with E-state index in [0.29, 0.717) is 5.92 Å². The van der Waals surface area contributed by atoms with E-state index in [1.54, 1.807) is 0 Å². The SMILES string of the molecule is CC(CC(=O)N1CCC(C(=O)O)(C(F)(F)F)C1)C1CCCCC1. The monoisotopic (exact) mass is 335 g/mol. The van der Waals surface area contributed by atoms with Crippen molar-refractivity contribution < 1.29 is 27.9 Å². The van der Waals surface area contributed by atoms with Crippen molar-refractivity contribution in [2.75, 3.05) is 13.1 Å². The molecule has 0 aromatic carbocycles. The van der Waals surface area contributed by atoms with E-state index in [1.165, 1.54) is 6.42 Å². The lowest BCUT2D eigenvalue weighted by Gasteiger charge is -2.30. The molecule has 2 unspecified atom stereocenters. The molecule has 0 aromatic rings. The molecule has 1 aliphatic carbocycles. The molecule has 132 valence electrons. The number of carboxylic acids is 1. The average molecular weight is 335 g/mol. The van der Waals surface area contributed by atoms with Crippen molar-refractivity contribution in [2.24, 2.45) is 17.3 Å². The summed E-state index contributed by atoms with van der Waals surface area (Å²) in [7, 11) is 0. The maximum Gasteiger partial charge on any atom is 0.406 e. The molecule has 0 aromatic heterocycles. The summed E-state index contributed by atoms with van der Waals surface area (Å²) in [5.74, 6) is -1.66. The quantitative estimate of drug-likeness (QED) is 0.856. The topological polar surface area (TPSA) is 57.6 Å². The van der Waals surface area contributed by atoms with Gasteiger partial charge in [0, 0.05) is 19.5 Å². The van der Waals surface area contributed by atoms with Gasteiger partial charge < -0.3 is 10.0 Å². The highest BCUT2D eigenvalue weighted by molar-refractivity contribution is 5.81. The smallest absolute Gasteiger partial charge is 0.406 e. The van der Waals surface area contributed by atoms with Gasteiger partial charge in [-0.25, -0.2) is 0 Å². The molecule has 1 heterocycles. The van der Waals surface area contributed by atoms with Gasteiger partial charge in [-0.15, -0.1) is 0 Å². The highest BCUT2D eigenvalue weighted by Gasteiger charge is 2.64. The van der Waals surface area contributed by atoms with Crippen LogP contribution in [0.5, 0.6) is 0 Å². The Morgan fingerprint density at radius 1 is 1.26 bits per heavy atom. The fraction of sp³-hybridized carbons (Fsp3) is 0.875. The molecule has 0 spiro atoms. The summed E-state index contributed by atoms with van der Waals surface area (Å²) in [6.45, 7) is 1.07. The lowest BCUT2D eigenvalue weighted by Crippen LogP contribution is -2.47. The zero-order chi connectivity index (χ0) is 17.3. The van der Waals surface area contributed by atoms with E-state index in [-0.39, 0.29) is 24.8 Å². The fourth-order valence-corrected chi connectivity index (χ4v) is 3.82. The Labute approximate surface area is 134 Å². The zero-order valence-electron chi connectivity index (χ0n) is 13.4. The zero-order valence-corrected chi connectivity index (χ0v) is 13.4. The van der Waals surface area contributed by atoms with Gasteiger partial charge in [-0.2, -0.15) is 13.2 Å². The number of nitrogens with zero attached hydrogens (tertiary/aromatic N) is 1. The highest BCUT2D eigenvalue weighted by Crippen LogP contribution is 2.46. The van der Waals surface area contributed by atoms with Crippen molar-refractivity contribution in [1.29, 1.82) is 0 Å². The molecule has 0 radical (unpaired) electrons. The van der Waals surface area contributed by atoms with Crippen LogP contribution in [-0.2, 0) is 9.59 Å². The van der Waals surface area contributed by atoms with Gasteiger partial charge >= 0.3 is 12.1 Å². The number of aliphatic carboxylic acids is 1. The summed E-state index contributed by atoms with van der Waals surface area (Å²) in [5, 5.41) is 9.03. The predicted octanol–water partition coefficient (Wildman–Crippen LogP) is 3.46. The van der Waals surface area contributed by atoms with Crippen molar-refractivity contribution in [3.8, 4) is 0 Å². The first-order valence-corrected chi connectivity index (χ1v) is 8.25. The van der Waals surface area contributed by atoms with E-state index >= 15 is 0 Å². The van der Waals surface area contributed by atoms with Crippen molar-refractivity contribution in [3.05, 3.63) is 0 Å². The van der Waals surface area contributed by atoms with Crippen molar-refractivity contribution in [2.45, 2.75) is 58.0 Å². The van der Waals surface area contributed by atoms with Crippen LogP contribution in [0.15, 0.2) is 0 Å². The summed E-state index contributed by atoms with van der Waals surface area (Å²) in [4.78, 5) is 24.5. The summed E-state index contributed by atoms with van der Waals surface area (Å²) in [6.07, 6.45) is 0.421. The van der Waals surface area contributed by atoms with Crippen LogP contribution < -0.4 is 0 Å². The Balaban J connectivity index is 1.97. The summed E-state index contributed by atoms with van der Waals surface area (Å²) < 4.78 is 39.4. The number of hydrogen-bond acceptors (Lipinski definition) is 2. The average Bonchev–Trinajstić information content (AvgIpc) is 2.94. The molecule has 0 bridgehead atoms. The van der Waals surface area contributed by atoms with Gasteiger partial charge in [0.2, 0.25) is 5.91 Å². The minimum atomic E-state index is -4.84. The number of rotatable bonds is 4. The van der Waals surface area contributed by atoms with Gasteiger partial charge in [0.1, 0.15) is 0 Å². The molecule has 2 atom stereocenters. The van der Waals surface area contributed by atoms with E-state index in [4.69, 9.17) is 5.11 Å². The Kier molecular flexibility index (Phi) is 5.26. The normalized spacial score (nSPS) is 27.9. The molecule has 1 saturated carbocycles. The number of hydrogen-bond donors (Lipinski definition) is 1. The van der Waals surface area contributed by atoms with Crippen LogP contribution in [0.25, 0.3) is 0 Å². The Morgan fingerprint density at radius 2 is 1.87 bits per heavy atom. The van der Waals surface area contributed by atoms with E-state index in [9.17, 15) is 22.8 Å².